The van der Waals surface area contributed by atoms with Crippen molar-refractivity contribution in [2.24, 2.45) is 4.99 Å². The lowest BCUT2D eigenvalue weighted by molar-refractivity contribution is -0.129. The molecule has 0 saturated carbocycles. The highest BCUT2D eigenvalue weighted by atomic mass is 32.1. The third kappa shape index (κ3) is 1.24. The number of aliphatic carboxylic acids is 1. The molecule has 0 saturated heterocycles. The van der Waals surface area contributed by atoms with Gasteiger partial charge in [-0.15, -0.1) is 0 Å². The molecule has 0 radical (unpaired) electrons. The molecule has 5 nitrogen and oxygen atoms in total. The number of carboxylic acids is 1. The molecular weight excluding hydrogens is 204 g/mol. The molecule has 74 valence electrons. The van der Waals surface area contributed by atoms with Gasteiger partial charge in [0.05, 0.1) is 16.5 Å². The Morgan fingerprint density at radius 1 is 1.71 bits per heavy atom. The van der Waals surface area contributed by atoms with E-state index in [2.05, 4.69) is 4.99 Å². The molecule has 0 bridgehead atoms. The average molecular weight is 212 g/mol. The Kier molecular flexibility index (Phi) is 1.92. The van der Waals surface area contributed by atoms with Crippen LogP contribution in [0.25, 0.3) is 0 Å². The number of rotatable bonds is 1. The monoisotopic (exact) mass is 212 g/mol. The molecule has 0 aliphatic carbocycles. The van der Waals surface area contributed by atoms with Crippen LogP contribution in [0.3, 0.4) is 0 Å². The summed E-state index contributed by atoms with van der Waals surface area (Å²) in [5.74, 6) is -1.12. The second kappa shape index (κ2) is 2.98. The van der Waals surface area contributed by atoms with Crippen LogP contribution in [0.4, 0.5) is 0 Å². The zero-order valence-electron chi connectivity index (χ0n) is 7.43. The van der Waals surface area contributed by atoms with Gasteiger partial charge in [-0.25, -0.2) is 14.0 Å². The molecule has 1 N–H and O–H groups in total. The maximum absolute atomic E-state index is 11.6. The predicted octanol–water partition coefficient (Wildman–Crippen LogP) is -0.617. The van der Waals surface area contributed by atoms with Crippen LogP contribution in [0.2, 0.25) is 0 Å². The minimum absolute atomic E-state index is 0.0110. The van der Waals surface area contributed by atoms with Crippen molar-refractivity contribution in [3.63, 3.8) is 0 Å². The third-order valence-electron chi connectivity index (χ3n) is 1.96. The zero-order chi connectivity index (χ0) is 10.3. The van der Waals surface area contributed by atoms with Crippen molar-refractivity contribution in [3.8, 4) is 0 Å². The smallest absolute Gasteiger partial charge is 0.346 e. The number of nitrogens with zero attached hydrogens (tertiary/aromatic N) is 2. The first-order valence-electron chi connectivity index (χ1n) is 3.97. The van der Waals surface area contributed by atoms with Crippen molar-refractivity contribution in [2.75, 3.05) is 6.54 Å². The van der Waals surface area contributed by atoms with Crippen LogP contribution in [-0.4, -0.2) is 42.4 Å². The van der Waals surface area contributed by atoms with Gasteiger partial charge in [0.15, 0.2) is 0 Å². The lowest BCUT2D eigenvalue weighted by atomic mass is 10.3. The van der Waals surface area contributed by atoms with Crippen molar-refractivity contribution in [1.82, 2.24) is 4.90 Å². The highest BCUT2D eigenvalue weighted by Gasteiger charge is 2.25. The van der Waals surface area contributed by atoms with E-state index in [1.54, 1.807) is 24.1 Å². The Bertz CT molecular complexity index is 513. The van der Waals surface area contributed by atoms with Crippen molar-refractivity contribution >= 4 is 31.6 Å². The first-order chi connectivity index (χ1) is 6.59. The number of allylic oxidation sites excluding steroid dienone is 1. The highest BCUT2D eigenvalue weighted by Crippen LogP contribution is 2.07. The number of aliphatic imine (C=N–C) groups is 1. The average Bonchev–Trinajstić information content (AvgIpc) is 2.44. The summed E-state index contributed by atoms with van der Waals surface area (Å²) in [5, 5.41) is 9.08. The Morgan fingerprint density at radius 2 is 2.43 bits per heavy atom. The largest absolute Gasteiger partial charge is 0.477 e. The molecule has 0 unspecified atom stereocenters. The van der Waals surface area contributed by atoms with Crippen LogP contribution in [0.1, 0.15) is 6.92 Å². The summed E-state index contributed by atoms with van der Waals surface area (Å²) < 4.78 is 11.6. The van der Waals surface area contributed by atoms with Gasteiger partial charge in [0.2, 0.25) is 5.11 Å². The summed E-state index contributed by atoms with van der Waals surface area (Å²) in [6.07, 6.45) is 3.46. The highest BCUT2D eigenvalue weighted by molar-refractivity contribution is 7.86. The number of fused-ring (bicyclic) bond motifs is 1. The SMILES string of the molecule is CC1=NC2=S(=O)=C(C(=O)O)CN2C=C1. The normalized spacial score (nSPS) is 19.9. The van der Waals surface area contributed by atoms with Crippen molar-refractivity contribution in [2.45, 2.75) is 6.92 Å². The summed E-state index contributed by atoms with van der Waals surface area (Å²) in [5.41, 5.74) is 0.733. The number of carboxylic acid groups (broad SMARTS) is 1. The summed E-state index contributed by atoms with van der Waals surface area (Å²) in [4.78, 5) is 16.3. The van der Waals surface area contributed by atoms with Gasteiger partial charge < -0.3 is 10.0 Å². The minimum atomic E-state index is -1.61. The first-order valence-corrected chi connectivity index (χ1v) is 5.12. The summed E-state index contributed by atoms with van der Waals surface area (Å²) in [6, 6.07) is 0. The van der Waals surface area contributed by atoms with E-state index >= 15 is 0 Å². The Balaban J connectivity index is 2.60. The Hall–Kier alpha value is -1.56. The molecule has 6 heteroatoms. The minimum Gasteiger partial charge on any atom is -0.477 e. The van der Waals surface area contributed by atoms with Crippen LogP contribution < -0.4 is 0 Å². The van der Waals surface area contributed by atoms with E-state index in [4.69, 9.17) is 5.11 Å². The number of carbonyl (C=O) groups is 1. The van der Waals surface area contributed by atoms with E-state index in [0.29, 0.717) is 5.11 Å². The molecule has 0 aromatic heterocycles. The second-order valence-electron chi connectivity index (χ2n) is 2.98. The van der Waals surface area contributed by atoms with Gasteiger partial charge in [0, 0.05) is 11.9 Å². The molecule has 0 aromatic carbocycles. The fraction of sp³-hybridized carbons (Fsp3) is 0.250. The van der Waals surface area contributed by atoms with E-state index in [-0.39, 0.29) is 11.4 Å². The van der Waals surface area contributed by atoms with Crippen LogP contribution >= 0.6 is 0 Å². The molecule has 14 heavy (non-hydrogen) atoms. The van der Waals surface area contributed by atoms with E-state index in [9.17, 15) is 9.00 Å². The molecule has 2 rings (SSSR count). The summed E-state index contributed by atoms with van der Waals surface area (Å²) >= 11 is 0. The van der Waals surface area contributed by atoms with Crippen molar-refractivity contribution in [1.29, 1.82) is 0 Å². The molecular formula is C8H8N2O3S. The quantitative estimate of drug-likeness (QED) is 0.588. The van der Waals surface area contributed by atoms with E-state index in [1.165, 1.54) is 0 Å². The summed E-state index contributed by atoms with van der Waals surface area (Å²) in [7, 11) is -1.61. The molecule has 2 aliphatic heterocycles. The maximum atomic E-state index is 11.6. The molecule has 2 aliphatic rings. The van der Waals surface area contributed by atoms with Gasteiger partial charge >= 0.3 is 5.97 Å². The molecule has 0 amide bonds. The van der Waals surface area contributed by atoms with E-state index in [0.717, 1.165) is 5.71 Å². The second-order valence-corrected chi connectivity index (χ2v) is 4.37. The zero-order valence-corrected chi connectivity index (χ0v) is 8.24. The fourth-order valence-corrected chi connectivity index (χ4v) is 2.45. The Labute approximate surface area is 82.0 Å². The van der Waals surface area contributed by atoms with E-state index < -0.39 is 15.9 Å². The van der Waals surface area contributed by atoms with Gasteiger partial charge in [-0.3, -0.25) is 0 Å². The van der Waals surface area contributed by atoms with Crippen molar-refractivity contribution < 1.29 is 14.1 Å². The molecule has 0 fully saturated rings. The fourth-order valence-electron chi connectivity index (χ4n) is 1.25. The molecule has 2 heterocycles. The van der Waals surface area contributed by atoms with Crippen LogP contribution in [0.5, 0.6) is 0 Å². The summed E-state index contributed by atoms with van der Waals surface area (Å²) in [6.45, 7) is 1.93. The number of hydrogen-bond acceptors (Lipinski definition) is 4. The Morgan fingerprint density at radius 3 is 3.07 bits per heavy atom. The van der Waals surface area contributed by atoms with Gasteiger partial charge in [-0.1, -0.05) is 0 Å². The maximum Gasteiger partial charge on any atom is 0.346 e. The van der Waals surface area contributed by atoms with Crippen molar-refractivity contribution in [3.05, 3.63) is 12.3 Å². The van der Waals surface area contributed by atoms with Gasteiger partial charge in [-0.05, 0) is 13.0 Å². The lowest BCUT2D eigenvalue weighted by Crippen LogP contribution is -2.29. The third-order valence-corrected chi connectivity index (χ3v) is 3.36. The van der Waals surface area contributed by atoms with Gasteiger partial charge in [-0.2, -0.15) is 0 Å². The van der Waals surface area contributed by atoms with E-state index in [1.807, 2.05) is 0 Å². The standard InChI is InChI=1S/C8H8N2O3S/c1-5-2-3-10-4-6(7(11)12)14(13)8(10)9-5/h2-3H,4H2,1H3,(H,11,12). The molecule has 0 spiro atoms. The lowest BCUT2D eigenvalue weighted by Gasteiger charge is -2.16. The van der Waals surface area contributed by atoms with Crippen LogP contribution in [-0.2, 0) is 14.8 Å². The topological polar surface area (TPSA) is 70.0 Å². The number of hydrogen-bond donors (Lipinski definition) is 1. The molecule has 0 atom stereocenters. The molecule has 0 aromatic rings. The first kappa shape index (κ1) is 9.01. The van der Waals surface area contributed by atoms with Crippen LogP contribution in [0, 0.1) is 0 Å². The predicted molar refractivity (Wildman–Crippen MR) is 54.7 cm³/mol. The van der Waals surface area contributed by atoms with Gasteiger partial charge in [0.25, 0.3) is 0 Å². The van der Waals surface area contributed by atoms with Crippen LogP contribution in [0.15, 0.2) is 17.3 Å². The van der Waals surface area contributed by atoms with Gasteiger partial charge in [0.1, 0.15) is 4.86 Å².